The van der Waals surface area contributed by atoms with Crippen LogP contribution in [0.15, 0.2) is 59.5 Å². The second-order valence-electron chi connectivity index (χ2n) is 6.64. The average Bonchev–Trinajstić information content (AvgIpc) is 2.73. The molecule has 1 amide bonds. The number of amides is 1. The molecule has 0 atom stereocenters. The van der Waals surface area contributed by atoms with E-state index >= 15 is 0 Å². The van der Waals surface area contributed by atoms with Gasteiger partial charge in [-0.15, -0.1) is 0 Å². The number of sulfonamides is 1. The fourth-order valence-electron chi connectivity index (χ4n) is 3.13. The van der Waals surface area contributed by atoms with Crippen LogP contribution in [0.4, 0.5) is 11.4 Å². The first kappa shape index (κ1) is 20.7. The number of nitrogens with one attached hydrogen (secondary N) is 1. The highest BCUT2D eigenvalue weighted by Crippen LogP contribution is 2.27. The highest BCUT2D eigenvalue weighted by atomic mass is 32.2. The van der Waals surface area contributed by atoms with Gasteiger partial charge in [0.15, 0.2) is 0 Å². The van der Waals surface area contributed by atoms with Gasteiger partial charge >= 0.3 is 0 Å². The summed E-state index contributed by atoms with van der Waals surface area (Å²) in [4.78, 5) is 22.7. The molecular formula is C20H21N3O5S. The molecule has 0 spiro atoms. The van der Waals surface area contributed by atoms with Crippen molar-refractivity contribution >= 4 is 33.4 Å². The predicted octanol–water partition coefficient (Wildman–Crippen LogP) is 3.42. The summed E-state index contributed by atoms with van der Waals surface area (Å²) in [6.07, 6.45) is 5.29. The standard InChI is InChI=1S/C20H21N3O5S/c24-20(12-11-16-7-6-8-17(15-16)23(25)26)21-18-9-2-3-10-19(18)29(27,28)22-13-4-1-5-14-22/h2-3,6-12,15H,1,4-5,13-14H2,(H,21,24). The summed E-state index contributed by atoms with van der Waals surface area (Å²) >= 11 is 0. The molecule has 29 heavy (non-hydrogen) atoms. The summed E-state index contributed by atoms with van der Waals surface area (Å²) in [6, 6.07) is 12.1. The molecule has 1 N–H and O–H groups in total. The molecule has 0 saturated carbocycles. The highest BCUT2D eigenvalue weighted by Gasteiger charge is 2.28. The van der Waals surface area contributed by atoms with Gasteiger partial charge in [-0.2, -0.15) is 4.31 Å². The van der Waals surface area contributed by atoms with Gasteiger partial charge in [-0.3, -0.25) is 14.9 Å². The third-order valence-corrected chi connectivity index (χ3v) is 6.54. The number of para-hydroxylation sites is 1. The number of benzene rings is 2. The summed E-state index contributed by atoms with van der Waals surface area (Å²) in [5.74, 6) is -0.530. The maximum Gasteiger partial charge on any atom is 0.270 e. The molecule has 0 radical (unpaired) electrons. The Labute approximate surface area is 169 Å². The Morgan fingerprint density at radius 1 is 1.07 bits per heavy atom. The summed E-state index contributed by atoms with van der Waals surface area (Å²) in [7, 11) is -3.70. The molecule has 0 bridgehead atoms. The van der Waals surface area contributed by atoms with Crippen LogP contribution in [0.1, 0.15) is 24.8 Å². The van der Waals surface area contributed by atoms with Gasteiger partial charge in [0.25, 0.3) is 5.69 Å². The van der Waals surface area contributed by atoms with Crippen LogP contribution in [0, 0.1) is 10.1 Å². The quantitative estimate of drug-likeness (QED) is 0.442. The zero-order valence-corrected chi connectivity index (χ0v) is 16.5. The number of piperidine rings is 1. The molecule has 1 saturated heterocycles. The third-order valence-electron chi connectivity index (χ3n) is 4.59. The Morgan fingerprint density at radius 3 is 2.52 bits per heavy atom. The van der Waals surface area contributed by atoms with Crippen LogP contribution in [-0.4, -0.2) is 36.6 Å². The van der Waals surface area contributed by atoms with Crippen molar-refractivity contribution in [2.45, 2.75) is 24.2 Å². The van der Waals surface area contributed by atoms with Gasteiger partial charge in [0.1, 0.15) is 4.90 Å². The molecule has 0 aromatic heterocycles. The first-order valence-electron chi connectivity index (χ1n) is 9.20. The van der Waals surface area contributed by atoms with Gasteiger partial charge < -0.3 is 5.32 Å². The fraction of sp³-hybridized carbons (Fsp3) is 0.250. The summed E-state index contributed by atoms with van der Waals surface area (Å²) < 4.78 is 27.4. The molecule has 8 nitrogen and oxygen atoms in total. The van der Waals surface area contributed by atoms with Crippen LogP contribution < -0.4 is 5.32 Å². The normalized spacial score (nSPS) is 15.3. The van der Waals surface area contributed by atoms with E-state index in [1.807, 2.05) is 0 Å². The third kappa shape index (κ3) is 5.07. The van der Waals surface area contributed by atoms with Crippen molar-refractivity contribution in [3.63, 3.8) is 0 Å². The lowest BCUT2D eigenvalue weighted by molar-refractivity contribution is -0.384. The highest BCUT2D eigenvalue weighted by molar-refractivity contribution is 7.89. The van der Waals surface area contributed by atoms with E-state index in [4.69, 9.17) is 0 Å². The largest absolute Gasteiger partial charge is 0.321 e. The smallest absolute Gasteiger partial charge is 0.270 e. The van der Waals surface area contributed by atoms with E-state index in [0.29, 0.717) is 18.7 Å². The topological polar surface area (TPSA) is 110 Å². The lowest BCUT2D eigenvalue weighted by atomic mass is 10.2. The van der Waals surface area contributed by atoms with Crippen molar-refractivity contribution in [3.05, 3.63) is 70.3 Å². The number of nitro benzene ring substituents is 1. The number of hydrogen-bond donors (Lipinski definition) is 1. The summed E-state index contributed by atoms with van der Waals surface area (Å²) in [5.41, 5.74) is 0.612. The van der Waals surface area contributed by atoms with Gasteiger partial charge in [-0.25, -0.2) is 8.42 Å². The Hall–Kier alpha value is -3.04. The number of anilines is 1. The molecule has 2 aromatic carbocycles. The van der Waals surface area contributed by atoms with E-state index in [9.17, 15) is 23.3 Å². The Kier molecular flexibility index (Phi) is 6.40. The number of carbonyl (C=O) groups is 1. The second kappa shape index (κ2) is 8.97. The number of hydrogen-bond acceptors (Lipinski definition) is 5. The van der Waals surface area contributed by atoms with E-state index in [1.54, 1.807) is 18.2 Å². The van der Waals surface area contributed by atoms with Gasteiger partial charge in [0, 0.05) is 31.3 Å². The number of nitrogens with zero attached hydrogens (tertiary/aromatic N) is 2. The van der Waals surface area contributed by atoms with Crippen molar-refractivity contribution in [1.82, 2.24) is 4.31 Å². The van der Waals surface area contributed by atoms with Crippen molar-refractivity contribution in [1.29, 1.82) is 0 Å². The lowest BCUT2D eigenvalue weighted by Crippen LogP contribution is -2.36. The van der Waals surface area contributed by atoms with Crippen molar-refractivity contribution in [3.8, 4) is 0 Å². The molecule has 1 heterocycles. The fourth-order valence-corrected chi connectivity index (χ4v) is 4.79. The first-order valence-corrected chi connectivity index (χ1v) is 10.6. The molecule has 1 aliphatic rings. The van der Waals surface area contributed by atoms with Crippen molar-refractivity contribution in [2.75, 3.05) is 18.4 Å². The zero-order valence-electron chi connectivity index (χ0n) is 15.7. The van der Waals surface area contributed by atoms with Gasteiger partial charge in [0.05, 0.1) is 10.6 Å². The van der Waals surface area contributed by atoms with E-state index in [1.165, 1.54) is 46.8 Å². The van der Waals surface area contributed by atoms with Crippen molar-refractivity contribution < 1.29 is 18.1 Å². The molecule has 9 heteroatoms. The monoisotopic (exact) mass is 415 g/mol. The zero-order chi connectivity index (χ0) is 20.9. The molecule has 1 aliphatic heterocycles. The molecular weight excluding hydrogens is 394 g/mol. The maximum atomic E-state index is 13.0. The Morgan fingerprint density at radius 2 is 1.79 bits per heavy atom. The van der Waals surface area contributed by atoms with Crippen molar-refractivity contribution in [2.24, 2.45) is 0 Å². The van der Waals surface area contributed by atoms with E-state index in [0.717, 1.165) is 19.3 Å². The molecule has 3 rings (SSSR count). The number of carbonyl (C=O) groups excluding carboxylic acids is 1. The van der Waals surface area contributed by atoms with E-state index in [-0.39, 0.29) is 16.3 Å². The molecule has 2 aromatic rings. The SMILES string of the molecule is O=C(C=Cc1cccc([N+](=O)[O-])c1)Nc1ccccc1S(=O)(=O)N1CCCCC1. The van der Waals surface area contributed by atoms with Crippen LogP contribution in [0.3, 0.4) is 0 Å². The predicted molar refractivity (Wildman–Crippen MR) is 110 cm³/mol. The average molecular weight is 415 g/mol. The second-order valence-corrected chi connectivity index (χ2v) is 8.54. The van der Waals surface area contributed by atoms with Crippen LogP contribution >= 0.6 is 0 Å². The first-order chi connectivity index (χ1) is 13.9. The molecule has 0 unspecified atom stereocenters. The van der Waals surface area contributed by atoms with Crippen LogP contribution in [0.25, 0.3) is 6.08 Å². The molecule has 152 valence electrons. The lowest BCUT2D eigenvalue weighted by Gasteiger charge is -2.26. The number of non-ortho nitro benzene ring substituents is 1. The maximum absolute atomic E-state index is 13.0. The number of nitro groups is 1. The summed E-state index contributed by atoms with van der Waals surface area (Å²) in [6.45, 7) is 0.939. The Bertz CT molecular complexity index is 1040. The molecule has 1 fully saturated rings. The van der Waals surface area contributed by atoms with Crippen LogP contribution in [0.5, 0.6) is 0 Å². The van der Waals surface area contributed by atoms with E-state index < -0.39 is 20.9 Å². The van der Waals surface area contributed by atoms with Crippen LogP contribution in [0.2, 0.25) is 0 Å². The number of rotatable bonds is 6. The summed E-state index contributed by atoms with van der Waals surface area (Å²) in [5, 5.41) is 13.4. The molecule has 0 aliphatic carbocycles. The van der Waals surface area contributed by atoms with Gasteiger partial charge in [-0.05, 0) is 36.6 Å². The minimum Gasteiger partial charge on any atom is -0.321 e. The minimum atomic E-state index is -3.70. The van der Waals surface area contributed by atoms with E-state index in [2.05, 4.69) is 5.32 Å². The minimum absolute atomic E-state index is 0.0546. The van der Waals surface area contributed by atoms with Gasteiger partial charge in [-0.1, -0.05) is 30.7 Å². The van der Waals surface area contributed by atoms with Gasteiger partial charge in [0.2, 0.25) is 15.9 Å². The Balaban J connectivity index is 1.78. The van der Waals surface area contributed by atoms with Crippen LogP contribution in [-0.2, 0) is 14.8 Å².